The van der Waals surface area contributed by atoms with Gasteiger partial charge in [0.05, 0.1) is 29.7 Å². The third-order valence-electron chi connectivity index (χ3n) is 4.85. The van der Waals surface area contributed by atoms with Crippen LogP contribution in [0, 0.1) is 0 Å². The molecule has 7 nitrogen and oxygen atoms in total. The van der Waals surface area contributed by atoms with Gasteiger partial charge in [-0.15, -0.1) is 0 Å². The molecule has 0 saturated heterocycles. The minimum atomic E-state index is -0.371. The van der Waals surface area contributed by atoms with Gasteiger partial charge in [-0.25, -0.2) is 4.68 Å². The number of carbonyl (C=O) groups excluding carboxylic acids is 1. The van der Waals surface area contributed by atoms with Crippen molar-refractivity contribution >= 4 is 28.3 Å². The second kappa shape index (κ2) is 8.36. The molecule has 156 valence electrons. The third-order valence-corrected chi connectivity index (χ3v) is 5.13. The van der Waals surface area contributed by atoms with Gasteiger partial charge in [-0.2, -0.15) is 5.10 Å². The number of rotatable bonds is 4. The SMILES string of the molecule is CC(C)n1nc(C(=O)NCc2cc(Cl)c3c(c2)OCCCO3)c2ccccc2c1=O. The van der Waals surface area contributed by atoms with E-state index in [1.54, 1.807) is 30.3 Å². The summed E-state index contributed by atoms with van der Waals surface area (Å²) in [5.74, 6) is 0.728. The maximum Gasteiger partial charge on any atom is 0.274 e. The van der Waals surface area contributed by atoms with Crippen LogP contribution < -0.4 is 20.3 Å². The summed E-state index contributed by atoms with van der Waals surface area (Å²) in [5.41, 5.74) is 0.769. The fraction of sp³-hybridized carbons (Fsp3) is 0.318. The smallest absolute Gasteiger partial charge is 0.274 e. The number of hydrogen-bond donors (Lipinski definition) is 1. The Balaban J connectivity index is 1.63. The summed E-state index contributed by atoms with van der Waals surface area (Å²) in [5, 5.41) is 8.63. The summed E-state index contributed by atoms with van der Waals surface area (Å²) in [6.07, 6.45) is 0.779. The molecule has 0 aliphatic carbocycles. The van der Waals surface area contributed by atoms with Gasteiger partial charge in [-0.3, -0.25) is 9.59 Å². The van der Waals surface area contributed by atoms with Crippen LogP contribution in [0.3, 0.4) is 0 Å². The Kier molecular flexibility index (Phi) is 5.63. The highest BCUT2D eigenvalue weighted by molar-refractivity contribution is 6.32. The molecule has 0 unspecified atom stereocenters. The topological polar surface area (TPSA) is 82.5 Å². The Morgan fingerprint density at radius 3 is 2.70 bits per heavy atom. The highest BCUT2D eigenvalue weighted by Gasteiger charge is 2.19. The molecule has 0 bridgehead atoms. The van der Waals surface area contributed by atoms with Crippen LogP contribution in [-0.4, -0.2) is 28.9 Å². The molecule has 0 spiro atoms. The van der Waals surface area contributed by atoms with Gasteiger partial charge >= 0.3 is 0 Å². The number of hydrogen-bond acceptors (Lipinski definition) is 5. The standard InChI is InChI=1S/C22H22ClN3O4/c1-13(2)26-22(28)16-7-4-3-6-15(16)19(25-26)21(27)24-12-14-10-17(23)20-18(11-14)29-8-5-9-30-20/h3-4,6-7,10-11,13H,5,8-9,12H2,1-2H3,(H,24,27). The van der Waals surface area contributed by atoms with E-state index in [2.05, 4.69) is 10.4 Å². The van der Waals surface area contributed by atoms with Crippen LogP contribution in [-0.2, 0) is 6.54 Å². The molecule has 1 aromatic heterocycles. The van der Waals surface area contributed by atoms with Crippen molar-refractivity contribution in [2.24, 2.45) is 0 Å². The number of aromatic nitrogens is 2. The Labute approximate surface area is 178 Å². The van der Waals surface area contributed by atoms with Crippen LogP contribution in [0.25, 0.3) is 10.8 Å². The van der Waals surface area contributed by atoms with Gasteiger partial charge < -0.3 is 14.8 Å². The van der Waals surface area contributed by atoms with E-state index < -0.39 is 0 Å². The molecule has 0 radical (unpaired) electrons. The predicted molar refractivity (Wildman–Crippen MR) is 115 cm³/mol. The molecular formula is C22H22ClN3O4. The quantitative estimate of drug-likeness (QED) is 0.686. The Hall–Kier alpha value is -3.06. The van der Waals surface area contributed by atoms with Gasteiger partial charge in [0, 0.05) is 18.4 Å². The molecular weight excluding hydrogens is 406 g/mol. The van der Waals surface area contributed by atoms with Gasteiger partial charge in [-0.05, 0) is 37.6 Å². The van der Waals surface area contributed by atoms with Crippen LogP contribution in [0.2, 0.25) is 5.02 Å². The Bertz CT molecular complexity index is 1170. The average Bonchev–Trinajstić information content (AvgIpc) is 2.98. The van der Waals surface area contributed by atoms with Crippen LogP contribution >= 0.6 is 11.6 Å². The summed E-state index contributed by atoms with van der Waals surface area (Å²) in [7, 11) is 0. The number of nitrogens with one attached hydrogen (secondary N) is 1. The third kappa shape index (κ3) is 3.85. The van der Waals surface area contributed by atoms with Gasteiger partial charge in [0.1, 0.15) is 0 Å². The molecule has 0 saturated carbocycles. The molecule has 1 amide bonds. The molecule has 30 heavy (non-hydrogen) atoms. The van der Waals surface area contributed by atoms with E-state index in [4.69, 9.17) is 21.1 Å². The minimum Gasteiger partial charge on any atom is -0.489 e. The number of amides is 1. The molecule has 2 heterocycles. The van der Waals surface area contributed by atoms with Crippen molar-refractivity contribution in [3.63, 3.8) is 0 Å². The van der Waals surface area contributed by atoms with E-state index in [1.165, 1.54) is 4.68 Å². The molecule has 1 aliphatic heterocycles. The molecule has 0 fully saturated rings. The molecule has 2 aromatic carbocycles. The zero-order valence-corrected chi connectivity index (χ0v) is 17.5. The van der Waals surface area contributed by atoms with E-state index in [0.29, 0.717) is 40.5 Å². The van der Waals surface area contributed by atoms with Crippen molar-refractivity contribution in [2.45, 2.75) is 32.9 Å². The molecule has 1 aliphatic rings. The van der Waals surface area contributed by atoms with Crippen molar-refractivity contribution in [1.29, 1.82) is 0 Å². The molecule has 1 N–H and O–H groups in total. The van der Waals surface area contributed by atoms with E-state index in [9.17, 15) is 9.59 Å². The first-order valence-corrected chi connectivity index (χ1v) is 10.2. The fourth-order valence-corrected chi connectivity index (χ4v) is 3.66. The Morgan fingerprint density at radius 1 is 1.20 bits per heavy atom. The lowest BCUT2D eigenvalue weighted by molar-refractivity contribution is 0.0945. The molecule has 0 atom stereocenters. The van der Waals surface area contributed by atoms with Crippen molar-refractivity contribution in [3.8, 4) is 11.5 Å². The van der Waals surface area contributed by atoms with Crippen LogP contribution in [0.15, 0.2) is 41.2 Å². The predicted octanol–water partition coefficient (Wildman–Crippen LogP) is 3.72. The average molecular weight is 428 g/mol. The largest absolute Gasteiger partial charge is 0.489 e. The first-order valence-electron chi connectivity index (χ1n) is 9.83. The Morgan fingerprint density at radius 2 is 1.93 bits per heavy atom. The molecule has 4 rings (SSSR count). The van der Waals surface area contributed by atoms with Gasteiger partial charge in [0.2, 0.25) is 0 Å². The van der Waals surface area contributed by atoms with Gasteiger partial charge in [0.25, 0.3) is 11.5 Å². The first kappa shape index (κ1) is 20.2. The van der Waals surface area contributed by atoms with Gasteiger partial charge in [-0.1, -0.05) is 29.8 Å². The van der Waals surface area contributed by atoms with E-state index in [1.807, 2.05) is 19.9 Å². The second-order valence-electron chi connectivity index (χ2n) is 7.38. The normalized spacial score (nSPS) is 13.3. The highest BCUT2D eigenvalue weighted by Crippen LogP contribution is 2.38. The van der Waals surface area contributed by atoms with Crippen molar-refractivity contribution in [1.82, 2.24) is 15.1 Å². The number of nitrogens with zero attached hydrogens (tertiary/aromatic N) is 2. The summed E-state index contributed by atoms with van der Waals surface area (Å²) >= 11 is 6.34. The lowest BCUT2D eigenvalue weighted by Gasteiger charge is -2.14. The molecule has 3 aromatic rings. The minimum absolute atomic E-state index is 0.172. The van der Waals surface area contributed by atoms with Crippen molar-refractivity contribution in [3.05, 3.63) is 63.0 Å². The summed E-state index contributed by atoms with van der Waals surface area (Å²) in [6, 6.07) is 10.4. The summed E-state index contributed by atoms with van der Waals surface area (Å²) in [6.45, 7) is 5.03. The number of benzene rings is 2. The lowest BCUT2D eigenvalue weighted by atomic mass is 10.1. The number of ether oxygens (including phenoxy) is 2. The fourth-order valence-electron chi connectivity index (χ4n) is 3.38. The van der Waals surface area contributed by atoms with Crippen molar-refractivity contribution in [2.75, 3.05) is 13.2 Å². The zero-order valence-electron chi connectivity index (χ0n) is 16.8. The summed E-state index contributed by atoms with van der Waals surface area (Å²) in [4.78, 5) is 25.6. The lowest BCUT2D eigenvalue weighted by Crippen LogP contribution is -2.31. The summed E-state index contributed by atoms with van der Waals surface area (Å²) < 4.78 is 12.7. The number of fused-ring (bicyclic) bond motifs is 2. The van der Waals surface area contributed by atoms with E-state index in [-0.39, 0.29) is 29.7 Å². The van der Waals surface area contributed by atoms with Crippen LogP contribution in [0.4, 0.5) is 0 Å². The first-order chi connectivity index (χ1) is 14.5. The monoisotopic (exact) mass is 427 g/mol. The van der Waals surface area contributed by atoms with Crippen molar-refractivity contribution < 1.29 is 14.3 Å². The van der Waals surface area contributed by atoms with Crippen LogP contribution in [0.1, 0.15) is 42.4 Å². The van der Waals surface area contributed by atoms with E-state index >= 15 is 0 Å². The van der Waals surface area contributed by atoms with Crippen LogP contribution in [0.5, 0.6) is 11.5 Å². The van der Waals surface area contributed by atoms with E-state index in [0.717, 1.165) is 12.0 Å². The van der Waals surface area contributed by atoms with Gasteiger partial charge in [0.15, 0.2) is 17.2 Å². The second-order valence-corrected chi connectivity index (χ2v) is 7.78. The highest BCUT2D eigenvalue weighted by atomic mass is 35.5. The maximum absolute atomic E-state index is 13.0. The zero-order chi connectivity index (χ0) is 21.3. The number of halogens is 1. The number of carbonyl (C=O) groups is 1. The molecule has 8 heteroatoms. The maximum atomic E-state index is 13.0.